The molecule has 0 unspecified atom stereocenters. The second-order valence-electron chi connectivity index (χ2n) is 7.63. The highest BCUT2D eigenvalue weighted by atomic mass is 16.6. The predicted octanol–water partition coefficient (Wildman–Crippen LogP) is 2.65. The number of alkyl carbamates (subject to hydrolysis) is 1. The molecule has 7 heteroatoms. The SMILES string of the molecule is CC(C)(C)OC(=O)N[C@H]1CCC[C@H](NCc2cnc3ncccn23)C1. The minimum absolute atomic E-state index is 0.157. The van der Waals surface area contributed by atoms with Crippen molar-refractivity contribution in [2.75, 3.05) is 0 Å². The van der Waals surface area contributed by atoms with Crippen molar-refractivity contribution < 1.29 is 9.53 Å². The van der Waals surface area contributed by atoms with Gasteiger partial charge in [0.1, 0.15) is 5.60 Å². The molecule has 0 radical (unpaired) electrons. The van der Waals surface area contributed by atoms with Gasteiger partial charge in [0.15, 0.2) is 0 Å². The lowest BCUT2D eigenvalue weighted by Gasteiger charge is -2.31. The Bertz CT molecular complexity index is 722. The Morgan fingerprint density at radius 1 is 1.32 bits per heavy atom. The van der Waals surface area contributed by atoms with E-state index >= 15 is 0 Å². The number of nitrogens with one attached hydrogen (secondary N) is 2. The van der Waals surface area contributed by atoms with Crippen LogP contribution in [0.2, 0.25) is 0 Å². The van der Waals surface area contributed by atoms with E-state index in [1.165, 1.54) is 0 Å². The molecular formula is C18H27N5O2. The quantitative estimate of drug-likeness (QED) is 0.890. The maximum absolute atomic E-state index is 12.0. The first kappa shape index (κ1) is 17.7. The smallest absolute Gasteiger partial charge is 0.407 e. The van der Waals surface area contributed by atoms with Gasteiger partial charge in [-0.25, -0.2) is 14.8 Å². The van der Waals surface area contributed by atoms with Crippen molar-refractivity contribution in [2.45, 2.75) is 70.7 Å². The molecule has 7 nitrogen and oxygen atoms in total. The average Bonchev–Trinajstić information content (AvgIpc) is 2.94. The van der Waals surface area contributed by atoms with Gasteiger partial charge in [-0.05, 0) is 52.5 Å². The lowest BCUT2D eigenvalue weighted by Crippen LogP contribution is -2.45. The summed E-state index contributed by atoms with van der Waals surface area (Å²) in [5, 5.41) is 6.59. The van der Waals surface area contributed by atoms with Gasteiger partial charge in [0.05, 0.1) is 11.9 Å². The number of carbonyl (C=O) groups is 1. The van der Waals surface area contributed by atoms with Crippen LogP contribution in [0.1, 0.15) is 52.1 Å². The zero-order valence-electron chi connectivity index (χ0n) is 15.2. The largest absolute Gasteiger partial charge is 0.444 e. The molecule has 1 aliphatic rings. The molecule has 0 spiro atoms. The van der Waals surface area contributed by atoms with Crippen molar-refractivity contribution in [3.63, 3.8) is 0 Å². The fraction of sp³-hybridized carbons (Fsp3) is 0.611. The highest BCUT2D eigenvalue weighted by Gasteiger charge is 2.25. The maximum atomic E-state index is 12.0. The van der Waals surface area contributed by atoms with Crippen LogP contribution in [-0.4, -0.2) is 38.1 Å². The molecule has 1 saturated carbocycles. The van der Waals surface area contributed by atoms with Gasteiger partial charge >= 0.3 is 6.09 Å². The van der Waals surface area contributed by atoms with Crippen LogP contribution in [0.25, 0.3) is 5.78 Å². The van der Waals surface area contributed by atoms with E-state index in [4.69, 9.17) is 4.74 Å². The number of hydrogen-bond donors (Lipinski definition) is 2. The topological polar surface area (TPSA) is 80.5 Å². The van der Waals surface area contributed by atoms with Crippen molar-refractivity contribution in [1.29, 1.82) is 0 Å². The summed E-state index contributed by atoms with van der Waals surface area (Å²) in [4.78, 5) is 20.5. The standard InChI is InChI=1S/C18H27N5O2/c1-18(2,3)25-17(24)22-14-7-4-6-13(10-14)20-11-15-12-21-16-19-8-5-9-23(15)16/h5,8-9,12-14,20H,4,6-7,10-11H2,1-3H3,(H,22,24)/t13-,14-/m0/s1. The van der Waals surface area contributed by atoms with Gasteiger partial charge in [-0.2, -0.15) is 0 Å². The Morgan fingerprint density at radius 3 is 2.92 bits per heavy atom. The molecule has 2 aromatic rings. The molecular weight excluding hydrogens is 318 g/mol. The molecule has 0 aliphatic heterocycles. The summed E-state index contributed by atoms with van der Waals surface area (Å²) in [6.45, 7) is 6.37. The van der Waals surface area contributed by atoms with Gasteiger partial charge in [-0.1, -0.05) is 0 Å². The Kier molecular flexibility index (Phi) is 5.22. The molecule has 0 saturated heterocycles. The summed E-state index contributed by atoms with van der Waals surface area (Å²) in [5.41, 5.74) is 0.623. The molecule has 1 fully saturated rings. The van der Waals surface area contributed by atoms with Gasteiger partial charge in [-0.3, -0.25) is 4.40 Å². The van der Waals surface area contributed by atoms with E-state index in [-0.39, 0.29) is 12.1 Å². The number of rotatable bonds is 4. The van der Waals surface area contributed by atoms with Crippen LogP contribution in [0.5, 0.6) is 0 Å². The third-order valence-electron chi connectivity index (χ3n) is 4.33. The monoisotopic (exact) mass is 345 g/mol. The molecule has 2 aromatic heterocycles. The second-order valence-corrected chi connectivity index (χ2v) is 7.63. The first-order valence-corrected chi connectivity index (χ1v) is 8.90. The fourth-order valence-electron chi connectivity index (χ4n) is 3.24. The summed E-state index contributed by atoms with van der Waals surface area (Å²) < 4.78 is 7.35. The first-order chi connectivity index (χ1) is 11.9. The maximum Gasteiger partial charge on any atom is 0.407 e. The molecule has 1 aliphatic carbocycles. The Labute approximate surface area is 148 Å². The number of imidazole rings is 1. The third-order valence-corrected chi connectivity index (χ3v) is 4.33. The lowest BCUT2D eigenvalue weighted by atomic mass is 9.91. The van der Waals surface area contributed by atoms with E-state index in [2.05, 4.69) is 20.6 Å². The van der Waals surface area contributed by atoms with Crippen LogP contribution < -0.4 is 10.6 Å². The normalized spacial score (nSPS) is 21.2. The molecule has 136 valence electrons. The number of aromatic nitrogens is 3. The van der Waals surface area contributed by atoms with Crippen LogP contribution in [0.15, 0.2) is 24.7 Å². The van der Waals surface area contributed by atoms with E-state index in [0.717, 1.165) is 37.9 Å². The zero-order chi connectivity index (χ0) is 17.9. The molecule has 2 heterocycles. The molecule has 0 bridgehead atoms. The number of nitrogens with zero attached hydrogens (tertiary/aromatic N) is 3. The Morgan fingerprint density at radius 2 is 2.12 bits per heavy atom. The van der Waals surface area contributed by atoms with E-state index in [1.807, 2.05) is 43.6 Å². The molecule has 25 heavy (non-hydrogen) atoms. The fourth-order valence-corrected chi connectivity index (χ4v) is 3.24. The molecule has 3 rings (SSSR count). The molecule has 2 N–H and O–H groups in total. The first-order valence-electron chi connectivity index (χ1n) is 8.90. The number of carbonyl (C=O) groups excluding carboxylic acids is 1. The second kappa shape index (κ2) is 7.39. The van der Waals surface area contributed by atoms with Crippen molar-refractivity contribution in [3.8, 4) is 0 Å². The van der Waals surface area contributed by atoms with E-state index in [9.17, 15) is 4.79 Å². The molecule has 0 aromatic carbocycles. The number of hydrogen-bond acceptors (Lipinski definition) is 5. The summed E-state index contributed by atoms with van der Waals surface area (Å²) in [6, 6.07) is 2.43. The van der Waals surface area contributed by atoms with Crippen molar-refractivity contribution >= 4 is 11.9 Å². The predicted molar refractivity (Wildman–Crippen MR) is 95.2 cm³/mol. The highest BCUT2D eigenvalue weighted by molar-refractivity contribution is 5.68. The molecule has 1 amide bonds. The number of fused-ring (bicyclic) bond motifs is 1. The Balaban J connectivity index is 1.51. The van der Waals surface area contributed by atoms with Gasteiger partial charge in [0.25, 0.3) is 0 Å². The van der Waals surface area contributed by atoms with Crippen LogP contribution in [-0.2, 0) is 11.3 Å². The minimum atomic E-state index is -0.465. The van der Waals surface area contributed by atoms with Crippen LogP contribution in [0.4, 0.5) is 4.79 Å². The van der Waals surface area contributed by atoms with Gasteiger partial charge in [0, 0.05) is 31.0 Å². The minimum Gasteiger partial charge on any atom is -0.444 e. The van der Waals surface area contributed by atoms with Gasteiger partial charge in [-0.15, -0.1) is 0 Å². The van der Waals surface area contributed by atoms with Crippen LogP contribution >= 0.6 is 0 Å². The molecule has 2 atom stereocenters. The van der Waals surface area contributed by atoms with Crippen molar-refractivity contribution in [1.82, 2.24) is 25.0 Å². The summed E-state index contributed by atoms with van der Waals surface area (Å²) in [7, 11) is 0. The van der Waals surface area contributed by atoms with E-state index in [0.29, 0.717) is 11.8 Å². The van der Waals surface area contributed by atoms with E-state index < -0.39 is 5.60 Å². The summed E-state index contributed by atoms with van der Waals surface area (Å²) in [6.07, 6.45) is 9.35. The summed E-state index contributed by atoms with van der Waals surface area (Å²) >= 11 is 0. The third kappa shape index (κ3) is 4.92. The van der Waals surface area contributed by atoms with Gasteiger partial charge < -0.3 is 15.4 Å². The average molecular weight is 345 g/mol. The van der Waals surface area contributed by atoms with Crippen molar-refractivity contribution in [3.05, 3.63) is 30.4 Å². The Hall–Kier alpha value is -2.15. The zero-order valence-corrected chi connectivity index (χ0v) is 15.2. The van der Waals surface area contributed by atoms with Crippen LogP contribution in [0, 0.1) is 0 Å². The van der Waals surface area contributed by atoms with Gasteiger partial charge in [0.2, 0.25) is 5.78 Å². The van der Waals surface area contributed by atoms with Crippen molar-refractivity contribution in [2.24, 2.45) is 0 Å². The number of amides is 1. The number of ether oxygens (including phenoxy) is 1. The highest BCUT2D eigenvalue weighted by Crippen LogP contribution is 2.20. The summed E-state index contributed by atoms with van der Waals surface area (Å²) in [5.74, 6) is 0.715. The van der Waals surface area contributed by atoms with Crippen LogP contribution in [0.3, 0.4) is 0 Å². The van der Waals surface area contributed by atoms with E-state index in [1.54, 1.807) is 6.20 Å². The lowest BCUT2D eigenvalue weighted by molar-refractivity contribution is 0.0488.